The van der Waals surface area contributed by atoms with E-state index >= 15 is 0 Å². The molecule has 0 unspecified atom stereocenters. The highest BCUT2D eigenvalue weighted by Crippen LogP contribution is 2.25. The van der Waals surface area contributed by atoms with Crippen molar-refractivity contribution >= 4 is 16.9 Å². The fourth-order valence-corrected chi connectivity index (χ4v) is 3.39. The van der Waals surface area contributed by atoms with Crippen molar-refractivity contribution < 1.29 is 18.7 Å². The maximum atomic E-state index is 12.9. The van der Waals surface area contributed by atoms with Crippen molar-refractivity contribution in [3.05, 3.63) is 58.1 Å². The van der Waals surface area contributed by atoms with E-state index in [0.717, 1.165) is 5.69 Å². The van der Waals surface area contributed by atoms with E-state index in [1.54, 1.807) is 35.2 Å². The number of aryl methyl sites for hydroxylation is 1. The Bertz CT molecular complexity index is 1090. The zero-order valence-corrected chi connectivity index (χ0v) is 16.3. The molecule has 2 aromatic heterocycles. The van der Waals surface area contributed by atoms with E-state index in [1.807, 2.05) is 13.0 Å². The van der Waals surface area contributed by atoms with Crippen LogP contribution in [-0.2, 0) is 0 Å². The summed E-state index contributed by atoms with van der Waals surface area (Å²) in [5.41, 5.74) is 0.516. The van der Waals surface area contributed by atoms with E-state index in [2.05, 4.69) is 10.2 Å². The summed E-state index contributed by atoms with van der Waals surface area (Å²) in [6, 6.07) is 10.5. The highest BCUT2D eigenvalue weighted by Gasteiger charge is 2.27. The molecule has 1 amide bonds. The third-order valence-corrected chi connectivity index (χ3v) is 4.96. The van der Waals surface area contributed by atoms with Crippen LogP contribution in [-0.4, -0.2) is 47.3 Å². The van der Waals surface area contributed by atoms with Crippen LogP contribution in [0.4, 0.5) is 0 Å². The summed E-state index contributed by atoms with van der Waals surface area (Å²) in [6.07, 6.45) is 1.25. The number of rotatable bonds is 4. The first-order valence-electron chi connectivity index (χ1n) is 9.42. The molecule has 0 bridgehead atoms. The molecule has 1 aliphatic heterocycles. The number of para-hydroxylation sites is 1. The first-order valence-corrected chi connectivity index (χ1v) is 9.42. The number of carbonyl (C=O) groups is 1. The smallest absolute Gasteiger partial charge is 0.349 e. The van der Waals surface area contributed by atoms with Gasteiger partial charge in [-0.1, -0.05) is 12.1 Å². The summed E-state index contributed by atoms with van der Waals surface area (Å²) >= 11 is 0. The fourth-order valence-electron chi connectivity index (χ4n) is 3.39. The van der Waals surface area contributed by atoms with Crippen LogP contribution in [0.15, 0.2) is 45.6 Å². The third kappa shape index (κ3) is 3.91. The van der Waals surface area contributed by atoms with Gasteiger partial charge >= 0.3 is 5.63 Å². The Hall–Kier alpha value is -3.42. The van der Waals surface area contributed by atoms with Crippen molar-refractivity contribution in [1.29, 1.82) is 0 Å². The van der Waals surface area contributed by atoms with Gasteiger partial charge in [-0.05, 0) is 25.1 Å². The zero-order chi connectivity index (χ0) is 20.4. The lowest BCUT2D eigenvalue weighted by Crippen LogP contribution is -2.43. The normalized spacial score (nSPS) is 14.8. The number of carbonyl (C=O) groups excluding carboxylic acids is 1. The number of benzene rings is 1. The van der Waals surface area contributed by atoms with Crippen LogP contribution < -0.4 is 15.1 Å². The van der Waals surface area contributed by atoms with Gasteiger partial charge in [0.05, 0.1) is 12.8 Å². The predicted molar refractivity (Wildman–Crippen MR) is 105 cm³/mol. The number of aromatic nitrogens is 2. The van der Waals surface area contributed by atoms with Gasteiger partial charge in [-0.25, -0.2) is 4.79 Å². The number of piperidine rings is 1. The Kier molecular flexibility index (Phi) is 5.16. The number of hydrogen-bond acceptors (Lipinski definition) is 7. The third-order valence-electron chi connectivity index (χ3n) is 4.96. The van der Waals surface area contributed by atoms with Gasteiger partial charge in [0.2, 0.25) is 5.88 Å². The molecular formula is C21H21N3O5. The average molecular weight is 395 g/mol. The molecule has 8 nitrogen and oxygen atoms in total. The molecule has 29 heavy (non-hydrogen) atoms. The molecule has 0 N–H and O–H groups in total. The highest BCUT2D eigenvalue weighted by atomic mass is 16.5. The molecule has 0 radical (unpaired) electrons. The topological polar surface area (TPSA) is 94.8 Å². The number of likely N-dealkylation sites (tertiary alicyclic amines) is 1. The Morgan fingerprint density at radius 2 is 1.97 bits per heavy atom. The summed E-state index contributed by atoms with van der Waals surface area (Å²) in [5.74, 6) is 0.595. The molecule has 0 atom stereocenters. The van der Waals surface area contributed by atoms with E-state index in [0.29, 0.717) is 48.5 Å². The lowest BCUT2D eigenvalue weighted by molar-refractivity contribution is 0.0582. The molecule has 0 aliphatic carbocycles. The SMILES string of the molecule is COc1cccc2cc(C(=O)N3CCC(Oc4ccc(C)nn4)CC3)c(=O)oc12. The second-order valence-electron chi connectivity index (χ2n) is 6.95. The van der Waals surface area contributed by atoms with Gasteiger partial charge in [0.1, 0.15) is 11.7 Å². The molecule has 0 spiro atoms. The standard InChI is InChI=1S/C21H21N3O5/c1-13-6-7-18(23-22-13)28-15-8-10-24(11-9-15)20(25)16-12-14-4-3-5-17(27-2)19(14)29-21(16)26/h3-7,12,15H,8-11H2,1-2H3. The van der Waals surface area contributed by atoms with Gasteiger partial charge in [0.15, 0.2) is 11.3 Å². The first kappa shape index (κ1) is 18.9. The minimum absolute atomic E-state index is 0.0227. The van der Waals surface area contributed by atoms with Gasteiger partial charge < -0.3 is 18.8 Å². The van der Waals surface area contributed by atoms with Crippen LogP contribution in [0.5, 0.6) is 11.6 Å². The van der Waals surface area contributed by atoms with Crippen LogP contribution in [0.3, 0.4) is 0 Å². The van der Waals surface area contributed by atoms with Gasteiger partial charge in [0.25, 0.3) is 5.91 Å². The number of amides is 1. The monoisotopic (exact) mass is 395 g/mol. The largest absolute Gasteiger partial charge is 0.493 e. The number of hydrogen-bond donors (Lipinski definition) is 0. The molecule has 1 aliphatic rings. The van der Waals surface area contributed by atoms with Crippen molar-refractivity contribution in [1.82, 2.24) is 15.1 Å². The molecule has 1 aromatic carbocycles. The number of ether oxygens (including phenoxy) is 2. The second-order valence-corrected chi connectivity index (χ2v) is 6.95. The summed E-state index contributed by atoms with van der Waals surface area (Å²) < 4.78 is 16.4. The van der Waals surface area contributed by atoms with Crippen LogP contribution in [0.2, 0.25) is 0 Å². The number of fused-ring (bicyclic) bond motifs is 1. The molecule has 4 rings (SSSR count). The number of methoxy groups -OCH3 is 1. The molecule has 8 heteroatoms. The van der Waals surface area contributed by atoms with E-state index < -0.39 is 5.63 Å². The van der Waals surface area contributed by atoms with Crippen molar-refractivity contribution in [3.8, 4) is 11.6 Å². The van der Waals surface area contributed by atoms with Crippen molar-refractivity contribution in [3.63, 3.8) is 0 Å². The molecular weight excluding hydrogens is 374 g/mol. The summed E-state index contributed by atoms with van der Waals surface area (Å²) in [6.45, 7) is 2.83. The van der Waals surface area contributed by atoms with Gasteiger partial charge in [0, 0.05) is 37.4 Å². The molecule has 1 fully saturated rings. The maximum Gasteiger partial charge on any atom is 0.349 e. The molecule has 3 aromatic rings. The van der Waals surface area contributed by atoms with Gasteiger partial charge in [-0.3, -0.25) is 4.79 Å². The van der Waals surface area contributed by atoms with Crippen molar-refractivity contribution in [2.75, 3.05) is 20.2 Å². The quantitative estimate of drug-likeness (QED) is 0.627. The van der Waals surface area contributed by atoms with Gasteiger partial charge in [-0.15, -0.1) is 5.10 Å². The van der Waals surface area contributed by atoms with Gasteiger partial charge in [-0.2, -0.15) is 5.10 Å². The Balaban J connectivity index is 1.46. The summed E-state index contributed by atoms with van der Waals surface area (Å²) in [7, 11) is 1.50. The highest BCUT2D eigenvalue weighted by molar-refractivity contribution is 5.97. The summed E-state index contributed by atoms with van der Waals surface area (Å²) in [5, 5.41) is 8.63. The zero-order valence-electron chi connectivity index (χ0n) is 16.3. The minimum atomic E-state index is -0.666. The Labute approximate surface area is 167 Å². The van der Waals surface area contributed by atoms with Crippen LogP contribution in [0.25, 0.3) is 11.0 Å². The molecule has 1 saturated heterocycles. The van der Waals surface area contributed by atoms with Crippen LogP contribution >= 0.6 is 0 Å². The predicted octanol–water partition coefficient (Wildman–Crippen LogP) is 2.58. The first-order chi connectivity index (χ1) is 14.0. The van der Waals surface area contributed by atoms with E-state index in [4.69, 9.17) is 13.9 Å². The fraction of sp³-hybridized carbons (Fsp3) is 0.333. The van der Waals surface area contributed by atoms with Crippen molar-refractivity contribution in [2.45, 2.75) is 25.9 Å². The Morgan fingerprint density at radius 1 is 1.17 bits per heavy atom. The second kappa shape index (κ2) is 7.90. The van der Waals surface area contributed by atoms with E-state index in [1.165, 1.54) is 7.11 Å². The molecule has 3 heterocycles. The molecule has 0 saturated carbocycles. The van der Waals surface area contributed by atoms with Crippen LogP contribution in [0, 0.1) is 6.92 Å². The average Bonchev–Trinajstić information content (AvgIpc) is 2.74. The van der Waals surface area contributed by atoms with E-state index in [9.17, 15) is 9.59 Å². The lowest BCUT2D eigenvalue weighted by atomic mass is 10.1. The lowest BCUT2D eigenvalue weighted by Gasteiger charge is -2.31. The van der Waals surface area contributed by atoms with Crippen molar-refractivity contribution in [2.24, 2.45) is 0 Å². The van der Waals surface area contributed by atoms with Crippen LogP contribution in [0.1, 0.15) is 28.9 Å². The summed E-state index contributed by atoms with van der Waals surface area (Å²) in [4.78, 5) is 27.0. The molecule has 150 valence electrons. The number of nitrogens with zero attached hydrogens (tertiary/aromatic N) is 3. The minimum Gasteiger partial charge on any atom is -0.493 e. The maximum absolute atomic E-state index is 12.9. The van der Waals surface area contributed by atoms with E-state index in [-0.39, 0.29) is 17.6 Å². The Morgan fingerprint density at radius 3 is 2.66 bits per heavy atom.